The Hall–Kier alpha value is -0.0400. The fraction of sp³-hybridized carbons (Fsp3) is 1.00. The topological polar surface area (TPSA) is 12.0 Å². The van der Waals surface area contributed by atoms with Gasteiger partial charge in [0.15, 0.2) is 0 Å². The Morgan fingerprint density at radius 2 is 2.07 bits per heavy atom. The van der Waals surface area contributed by atoms with Crippen LogP contribution in [0, 0.1) is 29.1 Å². The van der Waals surface area contributed by atoms with E-state index in [-0.39, 0.29) is 0 Å². The zero-order valence-electron chi connectivity index (χ0n) is 10.4. The van der Waals surface area contributed by atoms with Crippen molar-refractivity contribution >= 4 is 0 Å². The van der Waals surface area contributed by atoms with Crippen molar-refractivity contribution < 1.29 is 0 Å². The number of fused-ring (bicyclic) bond motifs is 1. The summed E-state index contributed by atoms with van der Waals surface area (Å²) in [5.41, 5.74) is 0.751. The van der Waals surface area contributed by atoms with Gasteiger partial charge in [-0.3, -0.25) is 0 Å². The highest BCUT2D eigenvalue weighted by molar-refractivity contribution is 5.21. The number of rotatable bonds is 4. The molecule has 0 amide bonds. The normalized spacial score (nSPS) is 56.6. The molecule has 1 N–H and O–H groups in total. The predicted molar refractivity (Wildman–Crippen MR) is 63.7 cm³/mol. The molecular weight excluding hydrogens is 182 g/mol. The molecule has 1 nitrogen and oxygen atoms in total. The molecule has 0 heterocycles. The maximum absolute atomic E-state index is 3.78. The van der Waals surface area contributed by atoms with Crippen LogP contribution < -0.4 is 5.32 Å². The van der Waals surface area contributed by atoms with Gasteiger partial charge in [0.2, 0.25) is 0 Å². The smallest absolute Gasteiger partial charge is 0.0104 e. The van der Waals surface area contributed by atoms with E-state index in [0.717, 1.165) is 35.1 Å². The zero-order valence-corrected chi connectivity index (χ0v) is 10.4. The summed E-state index contributed by atoms with van der Waals surface area (Å²) in [4.78, 5) is 0. The second kappa shape index (κ2) is 3.23. The van der Waals surface area contributed by atoms with E-state index in [4.69, 9.17) is 0 Å². The van der Waals surface area contributed by atoms with Gasteiger partial charge < -0.3 is 5.32 Å². The quantitative estimate of drug-likeness (QED) is 0.747. The number of hydrogen-bond donors (Lipinski definition) is 1. The lowest BCUT2D eigenvalue weighted by molar-refractivity contribution is 0.395. The van der Waals surface area contributed by atoms with Crippen LogP contribution in [0.2, 0.25) is 0 Å². The summed E-state index contributed by atoms with van der Waals surface area (Å²) in [5.74, 6) is 4.28. The molecular formula is C14H25N. The lowest BCUT2D eigenvalue weighted by atomic mass is 9.97. The number of hydrogen-bond acceptors (Lipinski definition) is 1. The van der Waals surface area contributed by atoms with Crippen LogP contribution in [0.15, 0.2) is 0 Å². The Labute approximate surface area is 94.0 Å². The molecule has 3 fully saturated rings. The lowest BCUT2D eigenvalue weighted by Crippen LogP contribution is -2.30. The van der Waals surface area contributed by atoms with Crippen LogP contribution in [0.5, 0.6) is 0 Å². The van der Waals surface area contributed by atoms with E-state index >= 15 is 0 Å². The zero-order chi connectivity index (χ0) is 10.6. The molecule has 1 heteroatoms. The Kier molecular flexibility index (Phi) is 2.18. The minimum absolute atomic E-state index is 0.751. The standard InChI is InChI=1S/C14H25N/c1-4-7-15-11-5-6-14(3)12(13(11)14)10-8-9(10)2/h9-13,15H,4-8H2,1-3H3/t9-,10?,11?,12?,13?,14?/m0/s1. The molecule has 0 aromatic heterocycles. The molecule has 3 saturated carbocycles. The van der Waals surface area contributed by atoms with Crippen LogP contribution in [0.3, 0.4) is 0 Å². The van der Waals surface area contributed by atoms with E-state index in [9.17, 15) is 0 Å². The SMILES string of the molecule is CCCNC1CCC2(C)C1C2C1C[C@@H]1C. The fourth-order valence-electron chi connectivity index (χ4n) is 4.49. The van der Waals surface area contributed by atoms with Gasteiger partial charge in [-0.05, 0) is 61.3 Å². The van der Waals surface area contributed by atoms with Crippen LogP contribution in [0.25, 0.3) is 0 Å². The first-order valence-electron chi connectivity index (χ1n) is 6.92. The van der Waals surface area contributed by atoms with Crippen molar-refractivity contribution in [2.45, 2.75) is 52.5 Å². The minimum atomic E-state index is 0.751. The van der Waals surface area contributed by atoms with Crippen molar-refractivity contribution in [3.63, 3.8) is 0 Å². The minimum Gasteiger partial charge on any atom is -0.314 e. The Morgan fingerprint density at radius 1 is 1.33 bits per heavy atom. The van der Waals surface area contributed by atoms with Crippen LogP contribution in [0.1, 0.15) is 46.5 Å². The maximum atomic E-state index is 3.78. The van der Waals surface area contributed by atoms with Gasteiger partial charge in [-0.15, -0.1) is 0 Å². The largest absolute Gasteiger partial charge is 0.314 e. The average Bonchev–Trinajstić information content (AvgIpc) is 3.02. The first kappa shape index (κ1) is 10.1. The van der Waals surface area contributed by atoms with Crippen molar-refractivity contribution in [1.29, 1.82) is 0 Å². The van der Waals surface area contributed by atoms with E-state index in [2.05, 4.69) is 26.1 Å². The van der Waals surface area contributed by atoms with Gasteiger partial charge in [0, 0.05) is 6.04 Å². The molecule has 0 saturated heterocycles. The molecule has 6 atom stereocenters. The molecule has 0 aliphatic heterocycles. The van der Waals surface area contributed by atoms with Gasteiger partial charge in [0.25, 0.3) is 0 Å². The second-order valence-corrected chi connectivity index (χ2v) is 6.53. The van der Waals surface area contributed by atoms with E-state index in [1.165, 1.54) is 32.2 Å². The Balaban J connectivity index is 1.62. The molecule has 3 aliphatic carbocycles. The van der Waals surface area contributed by atoms with Gasteiger partial charge in [0.1, 0.15) is 0 Å². The Morgan fingerprint density at radius 3 is 2.67 bits per heavy atom. The van der Waals surface area contributed by atoms with Crippen molar-refractivity contribution in [3.8, 4) is 0 Å². The first-order chi connectivity index (χ1) is 7.18. The van der Waals surface area contributed by atoms with Gasteiger partial charge in [-0.25, -0.2) is 0 Å². The molecule has 3 aliphatic rings. The molecule has 86 valence electrons. The summed E-state index contributed by atoms with van der Waals surface area (Å²) in [6.07, 6.45) is 5.74. The van der Waals surface area contributed by atoms with Crippen LogP contribution in [-0.4, -0.2) is 12.6 Å². The molecule has 0 spiro atoms. The third kappa shape index (κ3) is 1.39. The van der Waals surface area contributed by atoms with Gasteiger partial charge in [-0.1, -0.05) is 20.8 Å². The molecule has 3 rings (SSSR count). The molecule has 0 aromatic rings. The molecule has 0 aromatic carbocycles. The van der Waals surface area contributed by atoms with Crippen molar-refractivity contribution in [2.75, 3.05) is 6.54 Å². The predicted octanol–water partition coefficient (Wildman–Crippen LogP) is 3.06. The van der Waals surface area contributed by atoms with Crippen molar-refractivity contribution in [2.24, 2.45) is 29.1 Å². The van der Waals surface area contributed by atoms with Crippen molar-refractivity contribution in [1.82, 2.24) is 5.32 Å². The second-order valence-electron chi connectivity index (χ2n) is 6.53. The lowest BCUT2D eigenvalue weighted by Gasteiger charge is -2.16. The summed E-state index contributed by atoms with van der Waals surface area (Å²) in [6, 6.07) is 0.868. The summed E-state index contributed by atoms with van der Waals surface area (Å²) >= 11 is 0. The van der Waals surface area contributed by atoms with Gasteiger partial charge in [0.05, 0.1) is 0 Å². The van der Waals surface area contributed by atoms with Crippen LogP contribution in [-0.2, 0) is 0 Å². The highest BCUT2D eigenvalue weighted by Crippen LogP contribution is 2.75. The maximum Gasteiger partial charge on any atom is 0.0104 e. The molecule has 5 unspecified atom stereocenters. The molecule has 0 bridgehead atoms. The van der Waals surface area contributed by atoms with E-state index in [0.29, 0.717) is 0 Å². The van der Waals surface area contributed by atoms with E-state index in [1.807, 2.05) is 0 Å². The first-order valence-corrected chi connectivity index (χ1v) is 6.92. The van der Waals surface area contributed by atoms with Crippen LogP contribution >= 0.6 is 0 Å². The summed E-state index contributed by atoms with van der Waals surface area (Å²) in [7, 11) is 0. The van der Waals surface area contributed by atoms with Gasteiger partial charge >= 0.3 is 0 Å². The van der Waals surface area contributed by atoms with Crippen LogP contribution in [0.4, 0.5) is 0 Å². The third-order valence-electron chi connectivity index (χ3n) is 5.52. The number of nitrogens with one attached hydrogen (secondary N) is 1. The summed E-state index contributed by atoms with van der Waals surface area (Å²) in [5, 5.41) is 3.78. The third-order valence-corrected chi connectivity index (χ3v) is 5.52. The summed E-state index contributed by atoms with van der Waals surface area (Å²) < 4.78 is 0. The van der Waals surface area contributed by atoms with E-state index < -0.39 is 0 Å². The Bertz CT molecular complexity index is 262. The molecule has 0 radical (unpaired) electrons. The monoisotopic (exact) mass is 207 g/mol. The summed E-state index contributed by atoms with van der Waals surface area (Å²) in [6.45, 7) is 8.50. The average molecular weight is 207 g/mol. The van der Waals surface area contributed by atoms with Crippen molar-refractivity contribution in [3.05, 3.63) is 0 Å². The highest BCUT2D eigenvalue weighted by Gasteiger charge is 2.71. The molecule has 15 heavy (non-hydrogen) atoms. The highest BCUT2D eigenvalue weighted by atomic mass is 15.0. The van der Waals surface area contributed by atoms with E-state index in [1.54, 1.807) is 0 Å². The fourth-order valence-corrected chi connectivity index (χ4v) is 4.49. The van der Waals surface area contributed by atoms with Gasteiger partial charge in [-0.2, -0.15) is 0 Å².